The van der Waals surface area contributed by atoms with Gasteiger partial charge in [0.25, 0.3) is 0 Å². The molecule has 1 saturated carbocycles. The fraction of sp³-hybridized carbons (Fsp3) is 0.500. The van der Waals surface area contributed by atoms with Crippen LogP contribution in [0.3, 0.4) is 0 Å². The molecule has 7 nitrogen and oxygen atoms in total. The molecule has 2 atom stereocenters. The molecule has 2 aliphatic rings. The highest BCUT2D eigenvalue weighted by molar-refractivity contribution is 5.94. The summed E-state index contributed by atoms with van der Waals surface area (Å²) in [5, 5.41) is 8.93. The summed E-state index contributed by atoms with van der Waals surface area (Å²) in [4.78, 5) is 37.6. The molecule has 1 N–H and O–H groups in total. The molecule has 0 spiro atoms. The van der Waals surface area contributed by atoms with Gasteiger partial charge < -0.3 is 19.5 Å². The van der Waals surface area contributed by atoms with Gasteiger partial charge in [0.1, 0.15) is 17.1 Å². The molecule has 12 heteroatoms. The molecule has 0 unspecified atom stereocenters. The lowest BCUT2D eigenvalue weighted by molar-refractivity contribution is -0.186. The van der Waals surface area contributed by atoms with Gasteiger partial charge in [-0.3, -0.25) is 9.59 Å². The van der Waals surface area contributed by atoms with Crippen LogP contribution in [-0.2, 0) is 4.79 Å². The summed E-state index contributed by atoms with van der Waals surface area (Å²) in [6.07, 6.45) is -2.66. The normalized spacial score (nSPS) is 20.4. The number of rotatable bonds is 6. The van der Waals surface area contributed by atoms with Crippen molar-refractivity contribution in [3.8, 4) is 0 Å². The number of carbonyl (C=O) groups is 2. The first-order valence-corrected chi connectivity index (χ1v) is 10.8. The molecule has 1 aromatic carbocycles. The number of aromatic carboxylic acids is 1. The van der Waals surface area contributed by atoms with E-state index in [1.165, 1.54) is 16.4 Å². The third kappa shape index (κ3) is 3.88. The molecular formula is C22H22F5N3O4. The number of hydrogen-bond acceptors (Lipinski definition) is 4. The number of hydrogen-bond donors (Lipinski definition) is 1. The van der Waals surface area contributed by atoms with Crippen LogP contribution >= 0.6 is 0 Å². The second-order valence-electron chi connectivity index (χ2n) is 8.73. The number of nitrogens with zero attached hydrogens (tertiary/aromatic N) is 3. The quantitative estimate of drug-likeness (QED) is 0.631. The molecule has 1 aliphatic carbocycles. The molecule has 184 valence electrons. The van der Waals surface area contributed by atoms with Crippen molar-refractivity contribution < 1.29 is 36.6 Å². The van der Waals surface area contributed by atoms with Crippen molar-refractivity contribution in [3.05, 3.63) is 39.7 Å². The minimum atomic E-state index is -5.01. The van der Waals surface area contributed by atoms with E-state index in [0.29, 0.717) is 17.7 Å². The Hall–Kier alpha value is -3.18. The summed E-state index contributed by atoms with van der Waals surface area (Å²) in [5.74, 6) is -6.03. The summed E-state index contributed by atoms with van der Waals surface area (Å²) < 4.78 is 70.5. The Morgan fingerprint density at radius 1 is 1.24 bits per heavy atom. The second-order valence-corrected chi connectivity index (χ2v) is 8.73. The van der Waals surface area contributed by atoms with Crippen molar-refractivity contribution in [2.75, 3.05) is 24.5 Å². The minimum Gasteiger partial charge on any atom is -0.477 e. The minimum absolute atomic E-state index is 0.00300. The Kier molecular flexibility index (Phi) is 5.81. The lowest BCUT2D eigenvalue weighted by Crippen LogP contribution is -2.60. The molecule has 1 saturated heterocycles. The SMILES string of the molecule is CCN(C[C@H]1CN(c2c(F)cc3c(=O)c(C(=O)O)cn(C4CC4)c3c2F)[C@@H]1C)C(=O)C(F)(F)F. The van der Waals surface area contributed by atoms with E-state index in [4.69, 9.17) is 0 Å². The van der Waals surface area contributed by atoms with Gasteiger partial charge in [0.2, 0.25) is 5.43 Å². The van der Waals surface area contributed by atoms with Gasteiger partial charge in [0, 0.05) is 43.8 Å². The molecule has 2 aromatic rings. The number of aromatic nitrogens is 1. The van der Waals surface area contributed by atoms with Gasteiger partial charge in [0.15, 0.2) is 5.82 Å². The fourth-order valence-corrected chi connectivity index (χ4v) is 4.50. The Balaban J connectivity index is 1.69. The zero-order valence-electron chi connectivity index (χ0n) is 18.3. The number of fused-ring (bicyclic) bond motifs is 1. The lowest BCUT2D eigenvalue weighted by Gasteiger charge is -2.49. The zero-order valence-corrected chi connectivity index (χ0v) is 18.3. The van der Waals surface area contributed by atoms with Crippen LogP contribution in [0.2, 0.25) is 0 Å². The first-order chi connectivity index (χ1) is 15.9. The van der Waals surface area contributed by atoms with E-state index in [0.717, 1.165) is 12.3 Å². The van der Waals surface area contributed by atoms with Crippen LogP contribution in [0.15, 0.2) is 17.1 Å². The number of carbonyl (C=O) groups excluding carboxylic acids is 1. The van der Waals surface area contributed by atoms with Crippen LogP contribution in [0.4, 0.5) is 27.6 Å². The summed E-state index contributed by atoms with van der Waals surface area (Å²) in [5.41, 5.74) is -2.22. The topological polar surface area (TPSA) is 82.8 Å². The van der Waals surface area contributed by atoms with Crippen molar-refractivity contribution in [1.29, 1.82) is 0 Å². The molecule has 1 aromatic heterocycles. The Morgan fingerprint density at radius 2 is 1.88 bits per heavy atom. The molecule has 1 aliphatic heterocycles. The number of halogens is 5. The average Bonchev–Trinajstić information content (AvgIpc) is 3.59. The Labute approximate surface area is 190 Å². The molecule has 2 heterocycles. The van der Waals surface area contributed by atoms with E-state index < -0.39 is 58.3 Å². The monoisotopic (exact) mass is 487 g/mol. The standard InChI is InChI=1S/C22H22F5N3O4/c1-3-28(21(34)22(25,26)27)7-11-8-29(10(11)2)18-15(23)6-13-17(16(18)24)30(12-4-5-12)9-14(19(13)31)20(32)33/h6,9-12H,3-5,7-8H2,1-2H3,(H,32,33)/t10-,11+/m1/s1. The van der Waals surface area contributed by atoms with E-state index >= 15 is 8.78 Å². The molecule has 34 heavy (non-hydrogen) atoms. The number of amides is 1. The smallest absolute Gasteiger partial charge is 0.471 e. The van der Waals surface area contributed by atoms with Gasteiger partial charge in [-0.25, -0.2) is 13.6 Å². The Morgan fingerprint density at radius 3 is 2.38 bits per heavy atom. The number of carboxylic acid groups (broad SMARTS) is 1. The van der Waals surface area contributed by atoms with E-state index in [1.54, 1.807) is 6.92 Å². The second kappa shape index (κ2) is 8.24. The maximum atomic E-state index is 15.7. The maximum Gasteiger partial charge on any atom is 0.471 e. The van der Waals surface area contributed by atoms with Crippen molar-refractivity contribution in [2.24, 2.45) is 5.92 Å². The van der Waals surface area contributed by atoms with Crippen molar-refractivity contribution in [2.45, 2.75) is 44.9 Å². The highest BCUT2D eigenvalue weighted by atomic mass is 19.4. The van der Waals surface area contributed by atoms with Crippen LogP contribution in [0.1, 0.15) is 43.1 Å². The number of benzene rings is 1. The summed E-state index contributed by atoms with van der Waals surface area (Å²) in [6.45, 7) is 2.61. The van der Waals surface area contributed by atoms with Gasteiger partial charge in [-0.05, 0) is 32.8 Å². The molecule has 4 rings (SSSR count). The highest BCUT2D eigenvalue weighted by Crippen LogP contribution is 2.42. The van der Waals surface area contributed by atoms with E-state index in [9.17, 15) is 32.7 Å². The van der Waals surface area contributed by atoms with Gasteiger partial charge in [-0.2, -0.15) is 13.2 Å². The maximum absolute atomic E-state index is 15.7. The summed E-state index contributed by atoms with van der Waals surface area (Å²) >= 11 is 0. The van der Waals surface area contributed by atoms with Crippen LogP contribution in [0, 0.1) is 17.6 Å². The fourth-order valence-electron chi connectivity index (χ4n) is 4.50. The Bertz CT molecular complexity index is 1240. The van der Waals surface area contributed by atoms with Crippen LogP contribution in [0.25, 0.3) is 10.9 Å². The first kappa shape index (κ1) is 24.0. The van der Waals surface area contributed by atoms with E-state index in [1.807, 2.05) is 0 Å². The van der Waals surface area contributed by atoms with Crippen LogP contribution in [-0.4, -0.2) is 58.3 Å². The predicted molar refractivity (Wildman–Crippen MR) is 112 cm³/mol. The number of pyridine rings is 1. The lowest BCUT2D eigenvalue weighted by atomic mass is 9.88. The van der Waals surface area contributed by atoms with Gasteiger partial charge in [-0.15, -0.1) is 0 Å². The zero-order chi connectivity index (χ0) is 25.1. The predicted octanol–water partition coefficient (Wildman–Crippen LogP) is 3.55. The highest BCUT2D eigenvalue weighted by Gasteiger charge is 2.46. The van der Waals surface area contributed by atoms with Gasteiger partial charge in [-0.1, -0.05) is 0 Å². The van der Waals surface area contributed by atoms with Crippen molar-refractivity contribution >= 4 is 28.5 Å². The molecule has 2 fully saturated rings. The number of anilines is 1. The molecule has 0 bridgehead atoms. The summed E-state index contributed by atoms with van der Waals surface area (Å²) in [7, 11) is 0. The molecule has 1 amide bonds. The van der Waals surface area contributed by atoms with E-state index in [-0.39, 0.29) is 36.6 Å². The molecular weight excluding hydrogens is 465 g/mol. The average molecular weight is 487 g/mol. The third-order valence-electron chi connectivity index (χ3n) is 6.61. The van der Waals surface area contributed by atoms with Gasteiger partial charge >= 0.3 is 18.1 Å². The summed E-state index contributed by atoms with van der Waals surface area (Å²) in [6, 6.07) is 0.00506. The van der Waals surface area contributed by atoms with Crippen molar-refractivity contribution in [3.63, 3.8) is 0 Å². The third-order valence-corrected chi connectivity index (χ3v) is 6.61. The first-order valence-electron chi connectivity index (χ1n) is 10.8. The molecule has 0 radical (unpaired) electrons. The number of carboxylic acids is 1. The van der Waals surface area contributed by atoms with Crippen LogP contribution < -0.4 is 10.3 Å². The van der Waals surface area contributed by atoms with Crippen molar-refractivity contribution in [1.82, 2.24) is 9.47 Å². The number of alkyl halides is 3. The van der Waals surface area contributed by atoms with E-state index in [2.05, 4.69) is 0 Å². The van der Waals surface area contributed by atoms with Crippen LogP contribution in [0.5, 0.6) is 0 Å². The largest absolute Gasteiger partial charge is 0.477 e. The van der Waals surface area contributed by atoms with Gasteiger partial charge in [0.05, 0.1) is 10.9 Å².